The summed E-state index contributed by atoms with van der Waals surface area (Å²) in [4.78, 5) is 0. The predicted octanol–water partition coefficient (Wildman–Crippen LogP) is -6.26. The summed E-state index contributed by atoms with van der Waals surface area (Å²) >= 11 is 0. The fourth-order valence-corrected chi connectivity index (χ4v) is 4.29. The largest absolute Gasteiger partial charge is 0.388 e. The highest BCUT2D eigenvalue weighted by Crippen LogP contribution is 2.30. The molecule has 2 aliphatic heterocycles. The summed E-state index contributed by atoms with van der Waals surface area (Å²) in [6, 6.07) is -1.25. The SMILES string of the molecule is NC[C@H]1O[C@H](O[C@@H]2C[C@@H](N)[C@H](O[C@H]3O[C@H](CN)[C@@H](O)[C@H](O)[C@H]3O)C[C@H]2N)[C@H](O)[C@@H](O)[C@@H]1O. The number of rotatable bonds is 6. The van der Waals surface area contributed by atoms with Crippen LogP contribution in [0.15, 0.2) is 0 Å². The number of aliphatic hydroxyl groups excluding tert-OH is 6. The lowest BCUT2D eigenvalue weighted by Crippen LogP contribution is -2.64. The molecule has 0 aromatic heterocycles. The van der Waals surface area contributed by atoms with Crippen molar-refractivity contribution in [2.45, 2.75) is 98.5 Å². The molecule has 3 fully saturated rings. The Bertz CT molecular complexity index is 554. The van der Waals surface area contributed by atoms with Gasteiger partial charge in [-0.1, -0.05) is 0 Å². The van der Waals surface area contributed by atoms with E-state index in [1.807, 2.05) is 0 Å². The van der Waals surface area contributed by atoms with E-state index in [1.165, 1.54) is 0 Å². The molecule has 14 heteroatoms. The highest BCUT2D eigenvalue weighted by Gasteiger charge is 2.48. The maximum absolute atomic E-state index is 10.2. The van der Waals surface area contributed by atoms with Crippen molar-refractivity contribution in [2.24, 2.45) is 22.9 Å². The van der Waals surface area contributed by atoms with Gasteiger partial charge in [-0.3, -0.25) is 0 Å². The number of aliphatic hydroxyl groups is 6. The van der Waals surface area contributed by atoms with Gasteiger partial charge in [0.05, 0.1) is 12.2 Å². The van der Waals surface area contributed by atoms with Gasteiger partial charge in [-0.2, -0.15) is 0 Å². The molecular weight excluding hydrogens is 432 g/mol. The van der Waals surface area contributed by atoms with E-state index in [4.69, 9.17) is 41.9 Å². The Morgan fingerprint density at radius 3 is 1.25 bits per heavy atom. The fraction of sp³-hybridized carbons (Fsp3) is 1.00. The Kier molecular flexibility index (Phi) is 8.79. The molecule has 32 heavy (non-hydrogen) atoms. The van der Waals surface area contributed by atoms with Crippen molar-refractivity contribution in [3.63, 3.8) is 0 Å². The molecule has 0 amide bonds. The van der Waals surface area contributed by atoms with Crippen LogP contribution < -0.4 is 22.9 Å². The van der Waals surface area contributed by atoms with E-state index in [1.54, 1.807) is 0 Å². The lowest BCUT2D eigenvalue weighted by atomic mass is 9.86. The van der Waals surface area contributed by atoms with E-state index < -0.39 is 85.7 Å². The van der Waals surface area contributed by atoms with Crippen LogP contribution in [0, 0.1) is 0 Å². The van der Waals surface area contributed by atoms with Crippen LogP contribution >= 0.6 is 0 Å². The number of nitrogens with two attached hydrogens (primary N) is 4. The van der Waals surface area contributed by atoms with Gasteiger partial charge in [0, 0.05) is 25.2 Å². The third kappa shape index (κ3) is 5.24. The van der Waals surface area contributed by atoms with Gasteiger partial charge in [0.25, 0.3) is 0 Å². The Labute approximate surface area is 185 Å². The third-order valence-corrected chi connectivity index (χ3v) is 6.38. The summed E-state index contributed by atoms with van der Waals surface area (Å²) in [6.07, 6.45) is -14.1. The predicted molar refractivity (Wildman–Crippen MR) is 106 cm³/mol. The molecule has 3 rings (SSSR count). The van der Waals surface area contributed by atoms with Crippen LogP contribution in [0.4, 0.5) is 0 Å². The average molecular weight is 469 g/mol. The van der Waals surface area contributed by atoms with Crippen LogP contribution in [0.3, 0.4) is 0 Å². The second-order valence-corrected chi connectivity index (χ2v) is 8.65. The highest BCUT2D eigenvalue weighted by atomic mass is 16.7. The zero-order chi connectivity index (χ0) is 23.7. The summed E-state index contributed by atoms with van der Waals surface area (Å²) in [7, 11) is 0. The first-order valence-corrected chi connectivity index (χ1v) is 10.7. The summed E-state index contributed by atoms with van der Waals surface area (Å²) in [5, 5.41) is 60.2. The molecule has 0 bridgehead atoms. The highest BCUT2D eigenvalue weighted by molar-refractivity contribution is 4.96. The molecule has 3 aliphatic rings. The molecule has 14 nitrogen and oxygen atoms in total. The lowest BCUT2D eigenvalue weighted by molar-refractivity contribution is -0.319. The number of hydrogen-bond acceptors (Lipinski definition) is 14. The zero-order valence-corrected chi connectivity index (χ0v) is 17.5. The van der Waals surface area contributed by atoms with Crippen LogP contribution in [0.2, 0.25) is 0 Å². The minimum absolute atomic E-state index is 0.0922. The Hall–Kier alpha value is -0.560. The summed E-state index contributed by atoms with van der Waals surface area (Å²) in [6.45, 7) is -0.184. The zero-order valence-electron chi connectivity index (χ0n) is 17.5. The van der Waals surface area contributed by atoms with E-state index in [-0.39, 0.29) is 25.9 Å². The van der Waals surface area contributed by atoms with Crippen molar-refractivity contribution in [1.29, 1.82) is 0 Å². The first-order valence-electron chi connectivity index (χ1n) is 10.7. The molecular formula is C18H36N4O10. The van der Waals surface area contributed by atoms with Gasteiger partial charge in [-0.25, -0.2) is 0 Å². The molecule has 0 aromatic carbocycles. The van der Waals surface area contributed by atoms with Crippen LogP contribution in [0.1, 0.15) is 12.8 Å². The van der Waals surface area contributed by atoms with E-state index >= 15 is 0 Å². The Morgan fingerprint density at radius 2 is 0.938 bits per heavy atom. The molecule has 14 N–H and O–H groups in total. The standard InChI is InChI=1S/C18H36N4O10/c19-3-9-11(23)13(25)15(27)17(31-9)29-7-1-5(21)8(2-6(7)22)30-18-16(28)14(26)12(24)10(4-20)32-18/h5-18,23-28H,1-4,19-22H2/t5-,6-,7-,8-,9-,10-,11-,12-,13+,14+,15-,16-,17+,18+/m1/s1. The minimum atomic E-state index is -1.52. The topological polar surface area (TPSA) is 262 Å². The molecule has 0 aromatic rings. The molecule has 0 unspecified atom stereocenters. The molecule has 188 valence electrons. The Morgan fingerprint density at radius 1 is 0.594 bits per heavy atom. The quantitative estimate of drug-likeness (QED) is 0.174. The second-order valence-electron chi connectivity index (χ2n) is 8.65. The van der Waals surface area contributed by atoms with Crippen molar-refractivity contribution < 1.29 is 49.6 Å². The van der Waals surface area contributed by atoms with Crippen LogP contribution in [-0.4, -0.2) is 129 Å². The smallest absolute Gasteiger partial charge is 0.186 e. The van der Waals surface area contributed by atoms with E-state index in [2.05, 4.69) is 0 Å². The number of ether oxygens (including phenoxy) is 4. The van der Waals surface area contributed by atoms with E-state index in [0.717, 1.165) is 0 Å². The summed E-state index contributed by atoms with van der Waals surface area (Å²) in [5.74, 6) is 0. The fourth-order valence-electron chi connectivity index (χ4n) is 4.29. The van der Waals surface area contributed by atoms with Crippen molar-refractivity contribution in [3.8, 4) is 0 Å². The van der Waals surface area contributed by atoms with Gasteiger partial charge in [-0.15, -0.1) is 0 Å². The molecule has 14 atom stereocenters. The molecule has 0 spiro atoms. The van der Waals surface area contributed by atoms with E-state index in [9.17, 15) is 30.6 Å². The van der Waals surface area contributed by atoms with Gasteiger partial charge in [0.2, 0.25) is 0 Å². The maximum atomic E-state index is 10.2. The van der Waals surface area contributed by atoms with E-state index in [0.29, 0.717) is 0 Å². The van der Waals surface area contributed by atoms with Crippen molar-refractivity contribution in [3.05, 3.63) is 0 Å². The molecule has 2 saturated heterocycles. The monoisotopic (exact) mass is 468 g/mol. The second kappa shape index (κ2) is 10.8. The first kappa shape index (κ1) is 26.1. The van der Waals surface area contributed by atoms with Gasteiger partial charge in [-0.05, 0) is 12.8 Å². The molecule has 1 saturated carbocycles. The van der Waals surface area contributed by atoms with Gasteiger partial charge in [0.15, 0.2) is 12.6 Å². The first-order chi connectivity index (χ1) is 15.1. The van der Waals surface area contributed by atoms with Crippen LogP contribution in [0.25, 0.3) is 0 Å². The van der Waals surface area contributed by atoms with Crippen LogP contribution in [0.5, 0.6) is 0 Å². The third-order valence-electron chi connectivity index (χ3n) is 6.38. The lowest BCUT2D eigenvalue weighted by Gasteiger charge is -2.46. The minimum Gasteiger partial charge on any atom is -0.388 e. The average Bonchev–Trinajstić information content (AvgIpc) is 2.77. The van der Waals surface area contributed by atoms with Crippen molar-refractivity contribution >= 4 is 0 Å². The molecule has 1 aliphatic carbocycles. The van der Waals surface area contributed by atoms with Crippen molar-refractivity contribution in [2.75, 3.05) is 13.1 Å². The van der Waals surface area contributed by atoms with Gasteiger partial charge >= 0.3 is 0 Å². The summed E-state index contributed by atoms with van der Waals surface area (Å²) < 4.78 is 22.5. The summed E-state index contributed by atoms with van der Waals surface area (Å²) in [5.41, 5.74) is 23.5. The van der Waals surface area contributed by atoms with Crippen molar-refractivity contribution in [1.82, 2.24) is 0 Å². The van der Waals surface area contributed by atoms with Gasteiger partial charge in [0.1, 0.15) is 48.8 Å². The maximum Gasteiger partial charge on any atom is 0.186 e. The van der Waals surface area contributed by atoms with Gasteiger partial charge < -0.3 is 72.5 Å². The molecule has 0 radical (unpaired) electrons. The normalized spacial score (nSPS) is 52.7. The number of hydrogen-bond donors (Lipinski definition) is 10. The van der Waals surface area contributed by atoms with Crippen LogP contribution in [-0.2, 0) is 18.9 Å². The molecule has 2 heterocycles. The Balaban J connectivity index is 1.59.